The van der Waals surface area contributed by atoms with Gasteiger partial charge in [0.2, 0.25) is 15.9 Å². The maximum Gasteiger partial charge on any atom is 0.248 e. The Balaban J connectivity index is 2.24. The van der Waals surface area contributed by atoms with Crippen molar-refractivity contribution in [3.63, 3.8) is 0 Å². The normalized spacial score (nSPS) is 16.0. The third-order valence-corrected chi connectivity index (χ3v) is 5.34. The van der Waals surface area contributed by atoms with Gasteiger partial charge in [0.05, 0.1) is 10.8 Å². The molecule has 1 aliphatic rings. The van der Waals surface area contributed by atoms with E-state index >= 15 is 0 Å². The van der Waals surface area contributed by atoms with Crippen molar-refractivity contribution in [3.05, 3.63) is 36.0 Å². The van der Waals surface area contributed by atoms with Gasteiger partial charge >= 0.3 is 0 Å². The molecule has 0 saturated heterocycles. The van der Waals surface area contributed by atoms with E-state index in [4.69, 9.17) is 5.73 Å². The molecule has 0 spiro atoms. The first-order valence-corrected chi connectivity index (χ1v) is 7.16. The zero-order chi connectivity index (χ0) is 12.9. The molecular weight excluding hydrogens is 252 g/mol. The van der Waals surface area contributed by atoms with Gasteiger partial charge in [0.15, 0.2) is 0 Å². The lowest BCUT2D eigenvalue weighted by Crippen LogP contribution is -2.17. The van der Waals surface area contributed by atoms with Crippen LogP contribution in [0.4, 0.5) is 0 Å². The van der Waals surface area contributed by atoms with Crippen LogP contribution in [-0.2, 0) is 10.0 Å². The highest BCUT2D eigenvalue weighted by Crippen LogP contribution is 2.32. The average Bonchev–Trinajstić information content (AvgIpc) is 3.08. The van der Waals surface area contributed by atoms with Crippen molar-refractivity contribution in [2.75, 3.05) is 0 Å². The number of hydrogen-bond donors (Lipinski definition) is 1. The molecule has 0 radical (unpaired) electrons. The smallest absolute Gasteiger partial charge is 0.248 e. The molecule has 0 bridgehead atoms. The molecule has 1 heterocycles. The Bertz CT molecular complexity index is 742. The molecule has 5 nitrogen and oxygen atoms in total. The van der Waals surface area contributed by atoms with Crippen LogP contribution in [0.5, 0.6) is 0 Å². The van der Waals surface area contributed by atoms with Gasteiger partial charge in [-0.05, 0) is 31.0 Å². The standard InChI is InChI=1S/C12H12N2O3S/c13-12(15)9-2-1-8-5-6-14(11(8)7-9)18(16,17)10-3-4-10/h1-2,5-7,10H,3-4H2,(H2,13,15). The Morgan fingerprint density at radius 3 is 2.61 bits per heavy atom. The number of carbonyl (C=O) groups excluding carboxylic acids is 1. The van der Waals surface area contributed by atoms with Crippen molar-refractivity contribution in [2.45, 2.75) is 18.1 Å². The summed E-state index contributed by atoms with van der Waals surface area (Å²) in [5.74, 6) is -0.562. The number of hydrogen-bond acceptors (Lipinski definition) is 3. The average molecular weight is 264 g/mol. The van der Waals surface area contributed by atoms with E-state index in [0.717, 1.165) is 5.39 Å². The first-order chi connectivity index (χ1) is 8.50. The fourth-order valence-electron chi connectivity index (χ4n) is 2.01. The van der Waals surface area contributed by atoms with Crippen molar-refractivity contribution < 1.29 is 13.2 Å². The van der Waals surface area contributed by atoms with E-state index < -0.39 is 15.9 Å². The number of nitrogens with two attached hydrogens (primary N) is 1. The zero-order valence-electron chi connectivity index (χ0n) is 9.54. The van der Waals surface area contributed by atoms with Gasteiger partial charge in [0.1, 0.15) is 0 Å². The minimum absolute atomic E-state index is 0.287. The third-order valence-electron chi connectivity index (χ3n) is 3.16. The lowest BCUT2D eigenvalue weighted by Gasteiger charge is -2.06. The van der Waals surface area contributed by atoms with E-state index in [1.807, 2.05) is 0 Å². The van der Waals surface area contributed by atoms with E-state index in [1.54, 1.807) is 18.2 Å². The summed E-state index contributed by atoms with van der Waals surface area (Å²) in [6.45, 7) is 0. The minimum atomic E-state index is -3.33. The van der Waals surface area contributed by atoms with E-state index in [0.29, 0.717) is 23.9 Å². The first-order valence-electron chi connectivity index (χ1n) is 5.65. The predicted octanol–water partition coefficient (Wildman–Crippen LogP) is 1.08. The van der Waals surface area contributed by atoms with Gasteiger partial charge < -0.3 is 5.73 Å². The van der Waals surface area contributed by atoms with Crippen LogP contribution in [0.1, 0.15) is 23.2 Å². The molecule has 1 amide bonds. The molecule has 18 heavy (non-hydrogen) atoms. The van der Waals surface area contributed by atoms with Gasteiger partial charge in [-0.2, -0.15) is 0 Å². The molecule has 1 aliphatic carbocycles. The molecule has 3 rings (SSSR count). The molecule has 1 saturated carbocycles. The molecular formula is C12H12N2O3S. The fraction of sp³-hybridized carbons (Fsp3) is 0.250. The van der Waals surface area contributed by atoms with Crippen LogP contribution >= 0.6 is 0 Å². The second kappa shape index (κ2) is 3.58. The SMILES string of the molecule is NC(=O)c1ccc2ccn(S(=O)(=O)C3CC3)c2c1. The van der Waals surface area contributed by atoms with Crippen molar-refractivity contribution in [2.24, 2.45) is 5.73 Å². The molecule has 2 N–H and O–H groups in total. The molecule has 0 aliphatic heterocycles. The molecule has 0 unspecified atom stereocenters. The maximum atomic E-state index is 12.2. The fourth-order valence-corrected chi connectivity index (χ4v) is 3.72. The number of nitrogens with zero attached hydrogens (tertiary/aromatic N) is 1. The van der Waals surface area contributed by atoms with Crippen LogP contribution in [0.15, 0.2) is 30.5 Å². The molecule has 94 valence electrons. The summed E-state index contributed by atoms with van der Waals surface area (Å²) < 4.78 is 25.7. The Hall–Kier alpha value is -1.82. The van der Waals surface area contributed by atoms with E-state index in [1.165, 1.54) is 16.2 Å². The van der Waals surface area contributed by atoms with Gasteiger partial charge in [0, 0.05) is 17.1 Å². The van der Waals surface area contributed by atoms with Gasteiger partial charge in [-0.15, -0.1) is 0 Å². The second-order valence-electron chi connectivity index (χ2n) is 4.49. The summed E-state index contributed by atoms with van der Waals surface area (Å²) in [6.07, 6.45) is 2.94. The maximum absolute atomic E-state index is 12.2. The van der Waals surface area contributed by atoms with E-state index in [-0.39, 0.29) is 5.25 Å². The minimum Gasteiger partial charge on any atom is -0.366 e. The topological polar surface area (TPSA) is 82.2 Å². The second-order valence-corrected chi connectivity index (χ2v) is 6.58. The largest absolute Gasteiger partial charge is 0.366 e. The van der Waals surface area contributed by atoms with Gasteiger partial charge in [-0.25, -0.2) is 12.4 Å². The molecule has 1 fully saturated rings. The number of primary amides is 1. The highest BCUT2D eigenvalue weighted by Gasteiger charge is 2.37. The summed E-state index contributed by atoms with van der Waals surface area (Å²) >= 11 is 0. The molecule has 0 atom stereocenters. The molecule has 2 aromatic rings. The van der Waals surface area contributed by atoms with Crippen molar-refractivity contribution in [1.29, 1.82) is 0 Å². The lowest BCUT2D eigenvalue weighted by atomic mass is 10.1. The summed E-state index contributed by atoms with van der Waals surface area (Å²) in [7, 11) is -3.33. The first kappa shape index (κ1) is 11.3. The number of carbonyl (C=O) groups is 1. The van der Waals surface area contributed by atoms with Crippen LogP contribution < -0.4 is 5.73 Å². The van der Waals surface area contributed by atoms with Crippen LogP contribution in [0.3, 0.4) is 0 Å². The third kappa shape index (κ3) is 1.60. The van der Waals surface area contributed by atoms with Gasteiger partial charge in [-0.3, -0.25) is 4.79 Å². The number of fused-ring (bicyclic) bond motifs is 1. The summed E-state index contributed by atoms with van der Waals surface area (Å²) in [5, 5.41) is 0.495. The quantitative estimate of drug-likeness (QED) is 0.900. The number of aromatic nitrogens is 1. The van der Waals surface area contributed by atoms with Crippen molar-refractivity contribution in [3.8, 4) is 0 Å². The Morgan fingerprint density at radius 1 is 1.28 bits per heavy atom. The van der Waals surface area contributed by atoms with Crippen molar-refractivity contribution in [1.82, 2.24) is 3.97 Å². The monoisotopic (exact) mass is 264 g/mol. The Labute approximate surface area is 104 Å². The molecule has 1 aromatic heterocycles. The van der Waals surface area contributed by atoms with Crippen LogP contribution in [0, 0.1) is 0 Å². The Morgan fingerprint density at radius 2 is 2.00 bits per heavy atom. The number of benzene rings is 1. The number of amides is 1. The zero-order valence-corrected chi connectivity index (χ0v) is 10.4. The molecule has 1 aromatic carbocycles. The highest BCUT2D eigenvalue weighted by atomic mass is 32.2. The predicted molar refractivity (Wildman–Crippen MR) is 67.8 cm³/mol. The summed E-state index contributed by atoms with van der Waals surface area (Å²) in [4.78, 5) is 11.1. The van der Waals surface area contributed by atoms with Crippen LogP contribution in [-0.4, -0.2) is 23.5 Å². The van der Waals surface area contributed by atoms with E-state index in [2.05, 4.69) is 0 Å². The van der Waals surface area contributed by atoms with Gasteiger partial charge in [-0.1, -0.05) is 6.07 Å². The van der Waals surface area contributed by atoms with E-state index in [9.17, 15) is 13.2 Å². The lowest BCUT2D eigenvalue weighted by molar-refractivity contribution is 0.100. The summed E-state index contributed by atoms with van der Waals surface area (Å²) in [6, 6.07) is 6.55. The van der Waals surface area contributed by atoms with Gasteiger partial charge in [0.25, 0.3) is 0 Å². The van der Waals surface area contributed by atoms with Crippen molar-refractivity contribution >= 4 is 26.8 Å². The van der Waals surface area contributed by atoms with Crippen LogP contribution in [0.25, 0.3) is 10.9 Å². The Kier molecular flexibility index (Phi) is 2.25. The molecule has 6 heteroatoms. The number of rotatable bonds is 3. The van der Waals surface area contributed by atoms with Crippen LogP contribution in [0.2, 0.25) is 0 Å². The summed E-state index contributed by atoms with van der Waals surface area (Å²) in [5.41, 5.74) is 6.03. The highest BCUT2D eigenvalue weighted by molar-refractivity contribution is 7.91.